The second-order valence-electron chi connectivity index (χ2n) is 7.55. The third-order valence-corrected chi connectivity index (χ3v) is 9.65. The van der Waals surface area contributed by atoms with Crippen LogP contribution >= 0.6 is 0 Å². The van der Waals surface area contributed by atoms with Crippen LogP contribution in [0.3, 0.4) is 0 Å². The highest BCUT2D eigenvalue weighted by Gasteiger charge is 2.49. The van der Waals surface area contributed by atoms with E-state index < -0.39 is 8.32 Å². The SMILES string of the molecule is C[C@@H](CO)NCCO[Si](c1ccccc1)(c1ccccc1)C(C)(C)C. The molecule has 2 aromatic carbocycles. The molecule has 0 bridgehead atoms. The zero-order chi connectivity index (χ0) is 18.3. The molecule has 0 aromatic heterocycles. The van der Waals surface area contributed by atoms with Crippen molar-refractivity contribution in [3.8, 4) is 0 Å². The first-order valence-corrected chi connectivity index (χ1v) is 10.9. The van der Waals surface area contributed by atoms with Gasteiger partial charge in [0.05, 0.1) is 6.61 Å². The largest absolute Gasteiger partial charge is 0.406 e. The van der Waals surface area contributed by atoms with Gasteiger partial charge in [-0.1, -0.05) is 81.4 Å². The van der Waals surface area contributed by atoms with Crippen LogP contribution in [0.15, 0.2) is 60.7 Å². The lowest BCUT2D eigenvalue weighted by atomic mass is 10.2. The fourth-order valence-corrected chi connectivity index (χ4v) is 7.90. The standard InChI is InChI=1S/C21H31NO2Si/c1-18(17-23)22-15-16-24-25(21(2,3)4,19-11-7-5-8-12-19)20-13-9-6-10-14-20/h5-14,18,22-23H,15-17H2,1-4H3/t18-/m0/s1. The van der Waals surface area contributed by atoms with E-state index in [-0.39, 0.29) is 17.7 Å². The minimum atomic E-state index is -2.43. The molecule has 2 aromatic rings. The molecule has 3 nitrogen and oxygen atoms in total. The van der Waals surface area contributed by atoms with E-state index in [2.05, 4.69) is 86.8 Å². The predicted octanol–water partition coefficient (Wildman–Crippen LogP) is 2.53. The Morgan fingerprint density at radius 2 is 1.44 bits per heavy atom. The summed E-state index contributed by atoms with van der Waals surface area (Å²) in [6, 6.07) is 21.4. The maximum Gasteiger partial charge on any atom is 0.261 e. The molecule has 2 N–H and O–H groups in total. The van der Waals surface area contributed by atoms with Crippen LogP contribution < -0.4 is 15.7 Å². The molecule has 4 heteroatoms. The summed E-state index contributed by atoms with van der Waals surface area (Å²) in [4.78, 5) is 0. The van der Waals surface area contributed by atoms with Crippen LogP contribution in [0.2, 0.25) is 5.04 Å². The van der Waals surface area contributed by atoms with Gasteiger partial charge in [-0.3, -0.25) is 0 Å². The molecule has 0 saturated carbocycles. The van der Waals surface area contributed by atoms with Crippen molar-refractivity contribution >= 4 is 18.7 Å². The summed E-state index contributed by atoms with van der Waals surface area (Å²) >= 11 is 0. The molecular formula is C21H31NO2Si. The fourth-order valence-electron chi connectivity index (χ4n) is 3.34. The highest BCUT2D eigenvalue weighted by molar-refractivity contribution is 6.99. The Kier molecular flexibility index (Phi) is 6.96. The minimum Gasteiger partial charge on any atom is -0.406 e. The molecule has 0 fully saturated rings. The summed E-state index contributed by atoms with van der Waals surface area (Å²) in [5, 5.41) is 15.1. The summed E-state index contributed by atoms with van der Waals surface area (Å²) < 4.78 is 6.76. The van der Waals surface area contributed by atoms with E-state index in [0.29, 0.717) is 6.61 Å². The molecular weight excluding hydrogens is 326 g/mol. The molecule has 0 aliphatic rings. The maximum absolute atomic E-state index is 9.18. The van der Waals surface area contributed by atoms with E-state index in [0.717, 1.165) is 6.54 Å². The van der Waals surface area contributed by atoms with E-state index in [4.69, 9.17) is 4.43 Å². The average molecular weight is 358 g/mol. The number of rotatable bonds is 8. The first kappa shape index (κ1) is 19.9. The quantitative estimate of drug-likeness (QED) is 0.563. The number of hydrogen-bond donors (Lipinski definition) is 2. The molecule has 0 saturated heterocycles. The Hall–Kier alpha value is -1.46. The van der Waals surface area contributed by atoms with Gasteiger partial charge in [0.2, 0.25) is 0 Å². The van der Waals surface area contributed by atoms with Crippen molar-refractivity contribution in [3.05, 3.63) is 60.7 Å². The lowest BCUT2D eigenvalue weighted by molar-refractivity contribution is 0.236. The van der Waals surface area contributed by atoms with Gasteiger partial charge >= 0.3 is 0 Å². The van der Waals surface area contributed by atoms with Crippen molar-refractivity contribution in [1.82, 2.24) is 5.32 Å². The summed E-state index contributed by atoms with van der Waals surface area (Å²) in [6.45, 7) is 10.3. The third kappa shape index (κ3) is 4.58. The van der Waals surface area contributed by atoms with Gasteiger partial charge in [0.1, 0.15) is 0 Å². The Morgan fingerprint density at radius 1 is 0.960 bits per heavy atom. The van der Waals surface area contributed by atoms with Gasteiger partial charge in [-0.05, 0) is 22.3 Å². The van der Waals surface area contributed by atoms with Crippen LogP contribution in [0.1, 0.15) is 27.7 Å². The van der Waals surface area contributed by atoms with Crippen LogP contribution in [-0.4, -0.2) is 39.2 Å². The average Bonchev–Trinajstić information content (AvgIpc) is 2.62. The van der Waals surface area contributed by atoms with E-state index in [1.54, 1.807) is 0 Å². The topological polar surface area (TPSA) is 41.5 Å². The van der Waals surface area contributed by atoms with Crippen molar-refractivity contribution in [2.45, 2.75) is 38.8 Å². The molecule has 0 unspecified atom stereocenters. The third-order valence-electron chi connectivity index (χ3n) is 4.60. The molecule has 0 spiro atoms. The zero-order valence-corrected chi connectivity index (χ0v) is 16.8. The van der Waals surface area contributed by atoms with Gasteiger partial charge in [-0.15, -0.1) is 0 Å². The van der Waals surface area contributed by atoms with Gasteiger partial charge in [0.25, 0.3) is 8.32 Å². The highest BCUT2D eigenvalue weighted by Crippen LogP contribution is 2.36. The van der Waals surface area contributed by atoms with E-state index in [1.807, 2.05) is 6.92 Å². The summed E-state index contributed by atoms with van der Waals surface area (Å²) in [5.41, 5.74) is 0. The monoisotopic (exact) mass is 357 g/mol. The summed E-state index contributed by atoms with van der Waals surface area (Å²) in [5.74, 6) is 0. The molecule has 25 heavy (non-hydrogen) atoms. The van der Waals surface area contributed by atoms with Crippen LogP contribution in [0.25, 0.3) is 0 Å². The molecule has 0 amide bonds. The molecule has 0 radical (unpaired) electrons. The number of aliphatic hydroxyl groups excluding tert-OH is 1. The minimum absolute atomic E-state index is 0.00169. The molecule has 1 atom stereocenters. The molecule has 136 valence electrons. The van der Waals surface area contributed by atoms with Gasteiger partial charge in [-0.25, -0.2) is 0 Å². The van der Waals surface area contributed by atoms with E-state index >= 15 is 0 Å². The van der Waals surface area contributed by atoms with Gasteiger partial charge in [0, 0.05) is 19.2 Å². The maximum atomic E-state index is 9.18. The van der Waals surface area contributed by atoms with Crippen LogP contribution in [0.4, 0.5) is 0 Å². The van der Waals surface area contributed by atoms with Crippen LogP contribution in [-0.2, 0) is 4.43 Å². The van der Waals surface area contributed by atoms with Crippen molar-refractivity contribution in [2.75, 3.05) is 19.8 Å². The predicted molar refractivity (Wildman–Crippen MR) is 108 cm³/mol. The number of nitrogens with one attached hydrogen (secondary N) is 1. The number of benzene rings is 2. The van der Waals surface area contributed by atoms with E-state index in [9.17, 15) is 5.11 Å². The summed E-state index contributed by atoms with van der Waals surface area (Å²) in [6.07, 6.45) is 0. The first-order valence-electron chi connectivity index (χ1n) is 9.01. The highest BCUT2D eigenvalue weighted by atomic mass is 28.4. The number of aliphatic hydroxyl groups is 1. The Morgan fingerprint density at radius 3 is 1.84 bits per heavy atom. The number of hydrogen-bond acceptors (Lipinski definition) is 3. The van der Waals surface area contributed by atoms with Gasteiger partial charge < -0.3 is 14.8 Å². The smallest absolute Gasteiger partial charge is 0.261 e. The first-order chi connectivity index (χ1) is 11.9. The summed E-state index contributed by atoms with van der Waals surface area (Å²) in [7, 11) is -2.43. The second kappa shape index (κ2) is 8.76. The molecule has 0 aliphatic heterocycles. The van der Waals surface area contributed by atoms with Crippen LogP contribution in [0.5, 0.6) is 0 Å². The molecule has 2 rings (SSSR count). The Balaban J connectivity index is 2.39. The zero-order valence-electron chi connectivity index (χ0n) is 15.8. The lowest BCUT2D eigenvalue weighted by Gasteiger charge is -2.43. The normalized spacial score (nSPS) is 13.6. The Labute approximate surface area is 153 Å². The van der Waals surface area contributed by atoms with Gasteiger partial charge in [0.15, 0.2) is 0 Å². The van der Waals surface area contributed by atoms with Crippen LogP contribution in [0, 0.1) is 0 Å². The lowest BCUT2D eigenvalue weighted by Crippen LogP contribution is -2.67. The van der Waals surface area contributed by atoms with E-state index in [1.165, 1.54) is 10.4 Å². The van der Waals surface area contributed by atoms with Gasteiger partial charge in [-0.2, -0.15) is 0 Å². The molecule has 0 heterocycles. The van der Waals surface area contributed by atoms with Crippen molar-refractivity contribution < 1.29 is 9.53 Å². The van der Waals surface area contributed by atoms with Crippen molar-refractivity contribution in [3.63, 3.8) is 0 Å². The fraction of sp³-hybridized carbons (Fsp3) is 0.429. The van der Waals surface area contributed by atoms with Crippen molar-refractivity contribution in [1.29, 1.82) is 0 Å². The second-order valence-corrected chi connectivity index (χ2v) is 11.9. The van der Waals surface area contributed by atoms with Crippen molar-refractivity contribution in [2.24, 2.45) is 0 Å². The Bertz CT molecular complexity index is 586. The molecule has 0 aliphatic carbocycles.